The van der Waals surface area contributed by atoms with Crippen molar-refractivity contribution in [2.24, 2.45) is 16.5 Å². The van der Waals surface area contributed by atoms with Gasteiger partial charge in [0.05, 0.1) is 12.9 Å². The van der Waals surface area contributed by atoms with E-state index >= 15 is 0 Å². The monoisotopic (exact) mass is 311 g/mol. The lowest BCUT2D eigenvalue weighted by atomic mass is 10.1. The second-order valence-electron chi connectivity index (χ2n) is 5.08. The molecule has 11 heteroatoms. The lowest BCUT2D eigenvalue weighted by molar-refractivity contribution is -0.0530. The quantitative estimate of drug-likeness (QED) is 0.295. The summed E-state index contributed by atoms with van der Waals surface area (Å²) in [5.74, 6) is -0.230. The molecule has 5 atom stereocenters. The average molecular weight is 311 g/mol. The summed E-state index contributed by atoms with van der Waals surface area (Å²) < 4.78 is 6.83. The van der Waals surface area contributed by atoms with Crippen molar-refractivity contribution in [2.45, 2.75) is 30.7 Å². The lowest BCUT2D eigenvalue weighted by Gasteiger charge is -2.19. The highest BCUT2D eigenvalue weighted by Crippen LogP contribution is 2.31. The molecule has 0 spiro atoms. The number of guanidine groups is 1. The zero-order chi connectivity index (χ0) is 16.0. The summed E-state index contributed by atoms with van der Waals surface area (Å²) in [5.41, 5.74) is 12.4. The van der Waals surface area contributed by atoms with Crippen LogP contribution in [0.25, 0.3) is 0 Å². The van der Waals surface area contributed by atoms with Crippen LogP contribution in [0.1, 0.15) is 23.8 Å². The Morgan fingerprint density at radius 3 is 2.77 bits per heavy atom. The van der Waals surface area contributed by atoms with Gasteiger partial charge in [0.2, 0.25) is 5.96 Å². The summed E-state index contributed by atoms with van der Waals surface area (Å²) >= 11 is 0. The number of ether oxygens (including phenoxy) is 1. The fourth-order valence-electron chi connectivity index (χ4n) is 2.59. The first kappa shape index (κ1) is 14.9. The second kappa shape index (κ2) is 5.30. The molecule has 1 aromatic heterocycles. The van der Waals surface area contributed by atoms with Crippen molar-refractivity contribution in [3.8, 4) is 0 Å². The Morgan fingerprint density at radius 2 is 2.14 bits per heavy atom. The topological polar surface area (TPSA) is 188 Å². The lowest BCUT2D eigenvalue weighted by Crippen LogP contribution is -2.34. The van der Waals surface area contributed by atoms with E-state index in [4.69, 9.17) is 26.7 Å². The first-order valence-electron chi connectivity index (χ1n) is 6.58. The first-order chi connectivity index (χ1) is 10.4. The minimum Gasteiger partial charge on any atom is -0.394 e. The van der Waals surface area contributed by atoms with Crippen molar-refractivity contribution in [1.82, 2.24) is 14.9 Å². The van der Waals surface area contributed by atoms with Crippen molar-refractivity contribution in [2.75, 3.05) is 6.61 Å². The Kier molecular flexibility index (Phi) is 3.58. The third-order valence-electron chi connectivity index (χ3n) is 3.68. The Hall–Kier alpha value is -2.05. The molecule has 11 nitrogen and oxygen atoms in total. The van der Waals surface area contributed by atoms with Crippen molar-refractivity contribution >= 4 is 11.8 Å². The number of rotatable bonds is 2. The van der Waals surface area contributed by atoms with E-state index in [-0.39, 0.29) is 17.5 Å². The molecule has 1 fully saturated rings. The molecular formula is C11H17N7O4. The summed E-state index contributed by atoms with van der Waals surface area (Å²) in [7, 11) is 0. The standard InChI is InChI=1S/C11H17N7O4/c12-8-4-5(9(13)17-11(14)16-8)18(2-15-4)10-7(21)6(20)3(1-19)22-10/h2-3,6-8,10,19-21H,1,12H2,(H4,13,14,16,17)/t3-,6-,7-,8?,10-/m1/s1. The maximum Gasteiger partial charge on any atom is 0.218 e. The number of hydrogen-bond acceptors (Lipinski definition) is 8. The molecule has 1 aromatic rings. The van der Waals surface area contributed by atoms with Crippen LogP contribution in [0.5, 0.6) is 0 Å². The number of nitrogens with zero attached hydrogens (tertiary/aromatic N) is 3. The number of nitrogens with two attached hydrogens (primary N) is 2. The van der Waals surface area contributed by atoms with Gasteiger partial charge in [-0.05, 0) is 0 Å². The highest BCUT2D eigenvalue weighted by molar-refractivity contribution is 6.05. The van der Waals surface area contributed by atoms with Crippen LogP contribution in [0.2, 0.25) is 0 Å². The first-order valence-corrected chi connectivity index (χ1v) is 6.58. The van der Waals surface area contributed by atoms with Gasteiger partial charge in [-0.25, -0.2) is 4.98 Å². The minimum absolute atomic E-state index is 0.0179. The highest BCUT2D eigenvalue weighted by atomic mass is 16.6. The molecule has 120 valence electrons. The molecule has 3 heterocycles. The Balaban J connectivity index is 2.04. The summed E-state index contributed by atoms with van der Waals surface area (Å²) in [4.78, 5) is 7.95. The molecule has 0 radical (unpaired) electrons. The number of nitrogens with one attached hydrogen (secondary N) is 2. The molecule has 22 heavy (non-hydrogen) atoms. The Morgan fingerprint density at radius 1 is 1.41 bits per heavy atom. The Labute approximate surface area is 124 Å². The summed E-state index contributed by atoms with van der Waals surface area (Å²) in [6.07, 6.45) is -3.91. The highest BCUT2D eigenvalue weighted by Gasteiger charge is 2.44. The third-order valence-corrected chi connectivity index (χ3v) is 3.68. The van der Waals surface area contributed by atoms with Crippen LogP contribution < -0.4 is 16.8 Å². The molecule has 1 saturated heterocycles. The third kappa shape index (κ3) is 2.15. The van der Waals surface area contributed by atoms with Crippen LogP contribution in [0.15, 0.2) is 11.3 Å². The number of hydrogen-bond donors (Lipinski definition) is 7. The zero-order valence-electron chi connectivity index (χ0n) is 11.4. The predicted molar refractivity (Wildman–Crippen MR) is 73.8 cm³/mol. The van der Waals surface area contributed by atoms with E-state index in [2.05, 4.69) is 15.3 Å². The molecule has 0 aromatic carbocycles. The summed E-state index contributed by atoms with van der Waals surface area (Å²) in [6.45, 7) is -0.444. The van der Waals surface area contributed by atoms with Gasteiger partial charge in [0, 0.05) is 0 Å². The summed E-state index contributed by atoms with van der Waals surface area (Å²) in [5, 5.41) is 39.3. The van der Waals surface area contributed by atoms with E-state index in [1.54, 1.807) is 0 Å². The largest absolute Gasteiger partial charge is 0.394 e. The van der Waals surface area contributed by atoms with Gasteiger partial charge in [0.25, 0.3) is 0 Å². The number of aliphatic hydroxyl groups excluding tert-OH is 3. The molecule has 2 aliphatic rings. The van der Waals surface area contributed by atoms with E-state index in [1.807, 2.05) is 0 Å². The van der Waals surface area contributed by atoms with Gasteiger partial charge in [0.1, 0.15) is 35.9 Å². The fourth-order valence-corrected chi connectivity index (χ4v) is 2.59. The van der Waals surface area contributed by atoms with Crippen LogP contribution >= 0.6 is 0 Å². The zero-order valence-corrected chi connectivity index (χ0v) is 11.4. The maximum atomic E-state index is 10.1. The molecule has 0 aliphatic carbocycles. The van der Waals surface area contributed by atoms with Gasteiger partial charge in [-0.3, -0.25) is 9.98 Å². The average Bonchev–Trinajstić information content (AvgIpc) is 2.98. The Bertz CT molecular complexity index is 630. The van der Waals surface area contributed by atoms with Crippen LogP contribution in [0, 0.1) is 5.41 Å². The molecule has 0 bridgehead atoms. The van der Waals surface area contributed by atoms with E-state index < -0.39 is 37.3 Å². The number of amidine groups is 1. The molecule has 1 unspecified atom stereocenters. The number of aliphatic imine (C=N–C) groups is 1. The molecular weight excluding hydrogens is 294 g/mol. The minimum atomic E-state index is -1.28. The van der Waals surface area contributed by atoms with Gasteiger partial charge in [-0.1, -0.05) is 0 Å². The van der Waals surface area contributed by atoms with Gasteiger partial charge in [-0.2, -0.15) is 4.99 Å². The summed E-state index contributed by atoms with van der Waals surface area (Å²) in [6, 6.07) is 0. The van der Waals surface area contributed by atoms with Gasteiger partial charge < -0.3 is 36.8 Å². The number of aromatic nitrogens is 2. The van der Waals surface area contributed by atoms with Crippen molar-refractivity contribution in [3.63, 3.8) is 0 Å². The van der Waals surface area contributed by atoms with Gasteiger partial charge in [0.15, 0.2) is 12.1 Å². The van der Waals surface area contributed by atoms with Crippen molar-refractivity contribution in [3.05, 3.63) is 17.7 Å². The van der Waals surface area contributed by atoms with E-state index in [0.717, 1.165) is 0 Å². The SMILES string of the molecule is N=C1N=C(N)c2c(ncn2[C@@H]2O[C@H](CO)[C@@H](O)[C@H]2O)C(N)N1. The van der Waals surface area contributed by atoms with Gasteiger partial charge in [-0.15, -0.1) is 0 Å². The predicted octanol–water partition coefficient (Wildman–Crippen LogP) is -3.30. The van der Waals surface area contributed by atoms with Crippen molar-refractivity contribution in [1.29, 1.82) is 5.41 Å². The smallest absolute Gasteiger partial charge is 0.218 e. The number of aliphatic hydroxyl groups is 3. The molecule has 3 rings (SSSR count). The van der Waals surface area contributed by atoms with Crippen LogP contribution in [-0.4, -0.2) is 61.6 Å². The second-order valence-corrected chi connectivity index (χ2v) is 5.08. The van der Waals surface area contributed by atoms with E-state index in [9.17, 15) is 10.2 Å². The van der Waals surface area contributed by atoms with E-state index in [0.29, 0.717) is 5.69 Å². The number of imidazole rings is 1. The maximum absolute atomic E-state index is 10.1. The van der Waals surface area contributed by atoms with Crippen LogP contribution in [0.3, 0.4) is 0 Å². The molecule has 0 saturated carbocycles. The molecule has 9 N–H and O–H groups in total. The molecule has 0 amide bonds. The fraction of sp³-hybridized carbons (Fsp3) is 0.545. The van der Waals surface area contributed by atoms with E-state index in [1.165, 1.54) is 10.9 Å². The van der Waals surface area contributed by atoms with Gasteiger partial charge >= 0.3 is 0 Å². The number of fused-ring (bicyclic) bond motifs is 1. The normalized spacial score (nSPS) is 34.8. The van der Waals surface area contributed by atoms with Crippen molar-refractivity contribution < 1.29 is 20.1 Å². The molecule has 2 aliphatic heterocycles. The van der Waals surface area contributed by atoms with Crippen LogP contribution in [0.4, 0.5) is 0 Å². The van der Waals surface area contributed by atoms with Crippen LogP contribution in [-0.2, 0) is 4.74 Å².